The van der Waals surface area contributed by atoms with Crippen molar-refractivity contribution in [3.8, 4) is 0 Å². The first-order valence-corrected chi connectivity index (χ1v) is 6.56. The van der Waals surface area contributed by atoms with Crippen molar-refractivity contribution >= 4 is 28.1 Å². The van der Waals surface area contributed by atoms with Crippen molar-refractivity contribution in [1.29, 1.82) is 0 Å². The molecule has 0 aromatic carbocycles. The molecule has 2 rings (SSSR count). The molecule has 1 aliphatic carbocycles. The van der Waals surface area contributed by atoms with Gasteiger partial charge in [-0.3, -0.25) is 0 Å². The molecule has 1 aliphatic rings. The standard InChI is InChI=1S/C11H15BrN2S/c1-6(2)10-9(12)11(15)14-8(13-10)5-7-3-4-7/h6-7H,3-5H2,1-2H3,(H,13,14,15). The molecule has 1 aromatic rings. The summed E-state index contributed by atoms with van der Waals surface area (Å²) in [6.45, 7) is 4.32. The molecule has 0 bridgehead atoms. The molecule has 1 saturated carbocycles. The van der Waals surface area contributed by atoms with Crippen LogP contribution in [0.15, 0.2) is 4.47 Å². The van der Waals surface area contributed by atoms with Crippen molar-refractivity contribution in [2.45, 2.75) is 39.0 Å². The van der Waals surface area contributed by atoms with E-state index < -0.39 is 0 Å². The summed E-state index contributed by atoms with van der Waals surface area (Å²) in [7, 11) is 0. The highest BCUT2D eigenvalue weighted by Crippen LogP contribution is 2.32. The van der Waals surface area contributed by atoms with Crippen LogP contribution < -0.4 is 0 Å². The van der Waals surface area contributed by atoms with Crippen LogP contribution in [-0.4, -0.2) is 9.97 Å². The smallest absolute Gasteiger partial charge is 0.144 e. The third-order valence-corrected chi connectivity index (χ3v) is 4.06. The van der Waals surface area contributed by atoms with Gasteiger partial charge in [-0.05, 0) is 40.6 Å². The molecule has 0 unspecified atom stereocenters. The van der Waals surface area contributed by atoms with Crippen LogP contribution in [0.3, 0.4) is 0 Å². The third-order valence-electron chi connectivity index (χ3n) is 2.70. The minimum Gasteiger partial charge on any atom is -0.346 e. The zero-order chi connectivity index (χ0) is 11.0. The van der Waals surface area contributed by atoms with Gasteiger partial charge >= 0.3 is 0 Å². The largest absolute Gasteiger partial charge is 0.346 e. The van der Waals surface area contributed by atoms with Gasteiger partial charge in [-0.2, -0.15) is 0 Å². The van der Waals surface area contributed by atoms with Crippen LogP contribution in [0.5, 0.6) is 0 Å². The van der Waals surface area contributed by atoms with Crippen LogP contribution in [0, 0.1) is 10.6 Å². The van der Waals surface area contributed by atoms with E-state index in [2.05, 4.69) is 39.7 Å². The van der Waals surface area contributed by atoms with E-state index in [0.717, 1.165) is 22.6 Å². The summed E-state index contributed by atoms with van der Waals surface area (Å²) in [5.74, 6) is 2.33. The van der Waals surface area contributed by atoms with E-state index >= 15 is 0 Å². The molecule has 0 radical (unpaired) electrons. The highest BCUT2D eigenvalue weighted by atomic mass is 79.9. The molecule has 0 spiro atoms. The number of halogens is 1. The topological polar surface area (TPSA) is 28.7 Å². The molecule has 4 heteroatoms. The molecule has 1 N–H and O–H groups in total. The van der Waals surface area contributed by atoms with E-state index in [1.165, 1.54) is 18.5 Å². The Balaban J connectivity index is 2.35. The normalized spacial score (nSPS) is 16.0. The van der Waals surface area contributed by atoms with Crippen molar-refractivity contribution in [1.82, 2.24) is 9.97 Å². The molecule has 2 nitrogen and oxygen atoms in total. The van der Waals surface area contributed by atoms with E-state index in [-0.39, 0.29) is 0 Å². The maximum Gasteiger partial charge on any atom is 0.144 e. The minimum absolute atomic E-state index is 0.446. The molecule has 82 valence electrons. The van der Waals surface area contributed by atoms with E-state index in [1.54, 1.807) is 0 Å². The highest BCUT2D eigenvalue weighted by molar-refractivity contribution is 9.10. The van der Waals surface area contributed by atoms with E-state index in [0.29, 0.717) is 10.6 Å². The second-order valence-corrected chi connectivity index (χ2v) is 5.70. The van der Waals surface area contributed by atoms with Gasteiger partial charge in [-0.15, -0.1) is 0 Å². The number of rotatable bonds is 3. The number of hydrogen-bond donors (Lipinski definition) is 1. The van der Waals surface area contributed by atoms with Gasteiger partial charge in [0.05, 0.1) is 4.47 Å². The van der Waals surface area contributed by atoms with Gasteiger partial charge in [0.25, 0.3) is 0 Å². The predicted octanol–water partition coefficient (Wildman–Crippen LogP) is 3.98. The Morgan fingerprint density at radius 1 is 1.53 bits per heavy atom. The molecule has 1 aromatic heterocycles. The number of aromatic amines is 1. The number of nitrogens with zero attached hydrogens (tertiary/aromatic N) is 1. The van der Waals surface area contributed by atoms with Crippen LogP contribution in [0.1, 0.15) is 44.1 Å². The van der Waals surface area contributed by atoms with Crippen molar-refractivity contribution in [2.75, 3.05) is 0 Å². The highest BCUT2D eigenvalue weighted by Gasteiger charge is 2.23. The molecule has 0 aliphatic heterocycles. The second kappa shape index (κ2) is 4.34. The monoisotopic (exact) mass is 286 g/mol. The minimum atomic E-state index is 0.446. The first-order chi connectivity index (χ1) is 7.08. The Labute approximate surface area is 104 Å². The predicted molar refractivity (Wildman–Crippen MR) is 67.6 cm³/mol. The molecule has 1 heterocycles. The van der Waals surface area contributed by atoms with Crippen LogP contribution >= 0.6 is 28.1 Å². The zero-order valence-electron chi connectivity index (χ0n) is 9.01. The van der Waals surface area contributed by atoms with Crippen LogP contribution in [0.25, 0.3) is 0 Å². The summed E-state index contributed by atoms with van der Waals surface area (Å²) in [4.78, 5) is 7.81. The number of nitrogens with one attached hydrogen (secondary N) is 1. The van der Waals surface area contributed by atoms with Crippen molar-refractivity contribution in [3.05, 3.63) is 20.6 Å². The Hall–Kier alpha value is -0.220. The summed E-state index contributed by atoms with van der Waals surface area (Å²) in [6.07, 6.45) is 3.74. The fourth-order valence-electron chi connectivity index (χ4n) is 1.62. The number of aromatic nitrogens is 2. The van der Waals surface area contributed by atoms with E-state index in [4.69, 9.17) is 12.2 Å². The van der Waals surface area contributed by atoms with E-state index in [9.17, 15) is 0 Å². The number of H-pyrrole nitrogens is 1. The molecule has 15 heavy (non-hydrogen) atoms. The quantitative estimate of drug-likeness (QED) is 0.852. The Kier molecular flexibility index (Phi) is 3.26. The van der Waals surface area contributed by atoms with Gasteiger partial charge in [-0.25, -0.2) is 4.98 Å². The van der Waals surface area contributed by atoms with Gasteiger partial charge in [0.15, 0.2) is 0 Å². The van der Waals surface area contributed by atoms with Crippen LogP contribution in [-0.2, 0) is 6.42 Å². The molecule has 1 fully saturated rings. The summed E-state index contributed by atoms with van der Waals surface area (Å²) >= 11 is 8.74. The molecular formula is C11H15BrN2S. The number of hydrogen-bond acceptors (Lipinski definition) is 2. The van der Waals surface area contributed by atoms with Gasteiger partial charge < -0.3 is 4.98 Å². The molecule has 0 amide bonds. The molecular weight excluding hydrogens is 272 g/mol. The summed E-state index contributed by atoms with van der Waals surface area (Å²) in [5.41, 5.74) is 1.17. The van der Waals surface area contributed by atoms with Crippen LogP contribution in [0.4, 0.5) is 0 Å². The first-order valence-electron chi connectivity index (χ1n) is 5.36. The van der Waals surface area contributed by atoms with Crippen molar-refractivity contribution < 1.29 is 0 Å². The van der Waals surface area contributed by atoms with Crippen molar-refractivity contribution in [3.63, 3.8) is 0 Å². The Morgan fingerprint density at radius 2 is 2.20 bits per heavy atom. The summed E-state index contributed by atoms with van der Waals surface area (Å²) in [5, 5.41) is 0. The molecule has 0 atom stereocenters. The maximum absolute atomic E-state index is 5.24. The lowest BCUT2D eigenvalue weighted by Crippen LogP contribution is -2.04. The van der Waals surface area contributed by atoms with Gasteiger partial charge in [0.1, 0.15) is 10.5 Å². The summed E-state index contributed by atoms with van der Waals surface area (Å²) < 4.78 is 1.64. The lowest BCUT2D eigenvalue weighted by molar-refractivity contribution is 0.725. The zero-order valence-corrected chi connectivity index (χ0v) is 11.4. The van der Waals surface area contributed by atoms with Gasteiger partial charge in [0.2, 0.25) is 0 Å². The van der Waals surface area contributed by atoms with Gasteiger partial charge in [0, 0.05) is 12.1 Å². The Bertz CT molecular complexity index is 421. The average molecular weight is 287 g/mol. The first kappa shape index (κ1) is 11.3. The average Bonchev–Trinajstić information content (AvgIpc) is 2.94. The second-order valence-electron chi connectivity index (χ2n) is 4.52. The maximum atomic E-state index is 5.24. The van der Waals surface area contributed by atoms with Crippen LogP contribution in [0.2, 0.25) is 0 Å². The Morgan fingerprint density at radius 3 is 2.73 bits per heavy atom. The fourth-order valence-corrected chi connectivity index (χ4v) is 2.48. The lowest BCUT2D eigenvalue weighted by atomic mass is 10.1. The SMILES string of the molecule is CC(C)c1[nH]c(CC2CC2)nc(=S)c1Br. The summed E-state index contributed by atoms with van der Waals surface area (Å²) in [6, 6.07) is 0. The van der Waals surface area contributed by atoms with Crippen molar-refractivity contribution in [2.24, 2.45) is 5.92 Å². The third kappa shape index (κ3) is 2.67. The fraction of sp³-hybridized carbons (Fsp3) is 0.636. The lowest BCUT2D eigenvalue weighted by Gasteiger charge is -2.10. The van der Waals surface area contributed by atoms with E-state index in [1.807, 2.05) is 0 Å². The molecule has 0 saturated heterocycles. The van der Waals surface area contributed by atoms with Gasteiger partial charge in [-0.1, -0.05) is 26.1 Å².